The Morgan fingerprint density at radius 2 is 1.71 bits per heavy atom. The van der Waals surface area contributed by atoms with Crippen molar-refractivity contribution in [2.75, 3.05) is 0 Å². The van der Waals surface area contributed by atoms with Crippen LogP contribution in [0.25, 0.3) is 0 Å². The quantitative estimate of drug-likeness (QED) is 0.397. The van der Waals surface area contributed by atoms with Crippen LogP contribution in [0.2, 0.25) is 0 Å². The molecular weight excluding hydrogens is 172 g/mol. The Bertz CT molecular complexity index is 159. The molecule has 0 aromatic carbocycles. The van der Waals surface area contributed by atoms with E-state index in [0.717, 1.165) is 12.8 Å². The van der Waals surface area contributed by atoms with Crippen molar-refractivity contribution in [2.45, 2.75) is 65.2 Å². The molecule has 14 heavy (non-hydrogen) atoms. The maximum atomic E-state index is 11.0. The molecular formula is C13H24O. The lowest BCUT2D eigenvalue weighted by Crippen LogP contribution is -1.93. The van der Waals surface area contributed by atoms with Gasteiger partial charge in [-0.1, -0.05) is 38.3 Å². The van der Waals surface area contributed by atoms with Crippen LogP contribution in [0.1, 0.15) is 65.2 Å². The molecule has 0 aromatic heterocycles. The summed E-state index contributed by atoms with van der Waals surface area (Å²) in [7, 11) is 0. The van der Waals surface area contributed by atoms with E-state index >= 15 is 0 Å². The van der Waals surface area contributed by atoms with Crippen molar-refractivity contribution in [2.24, 2.45) is 0 Å². The number of carbonyl (C=O) groups is 1. The largest absolute Gasteiger partial charge is 0.300 e. The molecule has 0 spiro atoms. The maximum Gasteiger partial charge on any atom is 0.132 e. The van der Waals surface area contributed by atoms with E-state index in [4.69, 9.17) is 0 Å². The van der Waals surface area contributed by atoms with Gasteiger partial charge in [-0.3, -0.25) is 4.79 Å². The van der Waals surface area contributed by atoms with E-state index in [1.54, 1.807) is 0 Å². The minimum atomic E-state index is 0.416. The number of hydrogen-bond donors (Lipinski definition) is 0. The lowest BCUT2D eigenvalue weighted by Gasteiger charge is -1.99. The molecule has 0 fully saturated rings. The van der Waals surface area contributed by atoms with Gasteiger partial charge in [-0.25, -0.2) is 0 Å². The number of allylic oxidation sites excluding steroid dienone is 2. The first-order valence-electron chi connectivity index (χ1n) is 5.94. The molecule has 0 N–H and O–H groups in total. The number of rotatable bonds is 9. The molecule has 0 saturated carbocycles. The summed E-state index contributed by atoms with van der Waals surface area (Å²) < 4.78 is 0. The smallest absolute Gasteiger partial charge is 0.132 e. The zero-order valence-electron chi connectivity index (χ0n) is 9.72. The molecule has 0 aliphatic heterocycles. The van der Waals surface area contributed by atoms with Crippen molar-refractivity contribution in [3.63, 3.8) is 0 Å². The third kappa shape index (κ3) is 9.50. The van der Waals surface area contributed by atoms with Crippen molar-refractivity contribution >= 4 is 5.78 Å². The predicted molar refractivity (Wildman–Crippen MR) is 62.4 cm³/mol. The highest BCUT2D eigenvalue weighted by molar-refractivity contribution is 5.77. The fourth-order valence-corrected chi connectivity index (χ4v) is 1.46. The molecule has 0 radical (unpaired) electrons. The lowest BCUT2D eigenvalue weighted by atomic mass is 10.1. The summed E-state index contributed by atoms with van der Waals surface area (Å²) in [6.07, 6.45) is 13.3. The Kier molecular flexibility index (Phi) is 10.0. The summed E-state index contributed by atoms with van der Waals surface area (Å²) in [4.78, 5) is 11.0. The molecule has 0 aliphatic rings. The monoisotopic (exact) mass is 196 g/mol. The summed E-state index contributed by atoms with van der Waals surface area (Å²) in [5.41, 5.74) is 0. The molecule has 1 heteroatoms. The molecule has 0 atom stereocenters. The minimum absolute atomic E-state index is 0.416. The standard InChI is InChI=1S/C13H24O/c1-3-5-6-7-8-9-10-11-12-13(14)4-2/h3,5H,4,6-12H2,1-2H3. The summed E-state index contributed by atoms with van der Waals surface area (Å²) in [6, 6.07) is 0. The average Bonchev–Trinajstić information content (AvgIpc) is 2.21. The molecule has 0 heterocycles. The van der Waals surface area contributed by atoms with Crippen LogP contribution in [0.15, 0.2) is 12.2 Å². The van der Waals surface area contributed by atoms with Crippen LogP contribution in [-0.4, -0.2) is 5.78 Å². The Morgan fingerprint density at radius 3 is 2.36 bits per heavy atom. The molecule has 82 valence electrons. The van der Waals surface area contributed by atoms with E-state index in [0.29, 0.717) is 12.2 Å². The summed E-state index contributed by atoms with van der Waals surface area (Å²) in [6.45, 7) is 4.01. The van der Waals surface area contributed by atoms with E-state index < -0.39 is 0 Å². The third-order valence-corrected chi connectivity index (χ3v) is 2.46. The van der Waals surface area contributed by atoms with Gasteiger partial charge in [0.15, 0.2) is 0 Å². The fourth-order valence-electron chi connectivity index (χ4n) is 1.46. The first-order chi connectivity index (χ1) is 6.81. The van der Waals surface area contributed by atoms with Crippen molar-refractivity contribution in [1.29, 1.82) is 0 Å². The van der Waals surface area contributed by atoms with Crippen LogP contribution in [0, 0.1) is 0 Å². The highest BCUT2D eigenvalue weighted by atomic mass is 16.1. The van der Waals surface area contributed by atoms with E-state index in [9.17, 15) is 4.79 Å². The Labute approximate surface area is 88.6 Å². The number of carbonyl (C=O) groups excluding carboxylic acids is 1. The molecule has 0 amide bonds. The minimum Gasteiger partial charge on any atom is -0.300 e. The fraction of sp³-hybridized carbons (Fsp3) is 0.769. The van der Waals surface area contributed by atoms with Gasteiger partial charge in [0.1, 0.15) is 5.78 Å². The van der Waals surface area contributed by atoms with Crippen LogP contribution in [0.4, 0.5) is 0 Å². The van der Waals surface area contributed by atoms with Crippen LogP contribution < -0.4 is 0 Å². The van der Waals surface area contributed by atoms with E-state index in [1.165, 1.54) is 32.1 Å². The van der Waals surface area contributed by atoms with Crippen LogP contribution in [0.3, 0.4) is 0 Å². The number of Topliss-reactive ketones (excluding diaryl/α,β-unsaturated/α-hetero) is 1. The van der Waals surface area contributed by atoms with Crippen LogP contribution in [0.5, 0.6) is 0 Å². The van der Waals surface area contributed by atoms with Crippen LogP contribution in [-0.2, 0) is 4.79 Å². The Morgan fingerprint density at radius 1 is 1.07 bits per heavy atom. The highest BCUT2D eigenvalue weighted by Gasteiger charge is 1.96. The lowest BCUT2D eigenvalue weighted by molar-refractivity contribution is -0.118. The molecule has 1 nitrogen and oxygen atoms in total. The number of ketones is 1. The van der Waals surface area contributed by atoms with E-state index in [1.807, 2.05) is 6.92 Å². The Balaban J connectivity index is 3.02. The third-order valence-electron chi connectivity index (χ3n) is 2.46. The summed E-state index contributed by atoms with van der Waals surface area (Å²) in [5, 5.41) is 0. The van der Waals surface area contributed by atoms with Crippen LogP contribution >= 0.6 is 0 Å². The summed E-state index contributed by atoms with van der Waals surface area (Å²) in [5.74, 6) is 0.416. The molecule has 0 rings (SSSR count). The maximum absolute atomic E-state index is 11.0. The van der Waals surface area contributed by atoms with Gasteiger partial charge >= 0.3 is 0 Å². The van der Waals surface area contributed by atoms with Crippen molar-refractivity contribution in [3.05, 3.63) is 12.2 Å². The van der Waals surface area contributed by atoms with Gasteiger partial charge in [-0.15, -0.1) is 0 Å². The zero-order chi connectivity index (χ0) is 10.6. The first-order valence-corrected chi connectivity index (χ1v) is 5.94. The molecule has 0 aromatic rings. The first kappa shape index (κ1) is 13.4. The van der Waals surface area contributed by atoms with Gasteiger partial charge in [0.2, 0.25) is 0 Å². The zero-order valence-corrected chi connectivity index (χ0v) is 9.72. The average molecular weight is 196 g/mol. The Hall–Kier alpha value is -0.590. The van der Waals surface area contributed by atoms with Gasteiger partial charge < -0.3 is 0 Å². The second kappa shape index (κ2) is 10.5. The highest BCUT2D eigenvalue weighted by Crippen LogP contribution is 2.08. The molecule has 0 saturated heterocycles. The number of unbranched alkanes of at least 4 members (excludes halogenated alkanes) is 5. The summed E-state index contributed by atoms with van der Waals surface area (Å²) >= 11 is 0. The second-order valence-electron chi connectivity index (χ2n) is 3.77. The second-order valence-corrected chi connectivity index (χ2v) is 3.77. The molecule has 0 aliphatic carbocycles. The van der Waals surface area contributed by atoms with Crippen molar-refractivity contribution in [3.8, 4) is 0 Å². The van der Waals surface area contributed by atoms with E-state index in [2.05, 4.69) is 19.1 Å². The normalized spacial score (nSPS) is 11.0. The molecule has 0 bridgehead atoms. The molecule has 0 unspecified atom stereocenters. The SMILES string of the molecule is CC=CCCCCCCCC(=O)CC. The van der Waals surface area contributed by atoms with Gasteiger partial charge in [-0.2, -0.15) is 0 Å². The van der Waals surface area contributed by atoms with E-state index in [-0.39, 0.29) is 0 Å². The predicted octanol–water partition coefficient (Wildman–Crippen LogP) is 4.27. The topological polar surface area (TPSA) is 17.1 Å². The van der Waals surface area contributed by atoms with Crippen molar-refractivity contribution in [1.82, 2.24) is 0 Å². The van der Waals surface area contributed by atoms with Crippen molar-refractivity contribution < 1.29 is 4.79 Å². The van der Waals surface area contributed by atoms with Gasteiger partial charge in [-0.05, 0) is 26.2 Å². The van der Waals surface area contributed by atoms with Gasteiger partial charge in [0.05, 0.1) is 0 Å². The van der Waals surface area contributed by atoms with Gasteiger partial charge in [0.25, 0.3) is 0 Å². The number of hydrogen-bond acceptors (Lipinski definition) is 1. The van der Waals surface area contributed by atoms with Gasteiger partial charge in [0, 0.05) is 12.8 Å².